The molecule has 2 unspecified atom stereocenters. The van der Waals surface area contributed by atoms with Crippen LogP contribution in [0.5, 0.6) is 0 Å². The third-order valence-corrected chi connectivity index (χ3v) is 5.07. The third kappa shape index (κ3) is 1.67. The Hall–Kier alpha value is -2.22. The van der Waals surface area contributed by atoms with Gasteiger partial charge < -0.3 is 4.90 Å². The highest BCUT2D eigenvalue weighted by Crippen LogP contribution is 2.66. The molecule has 112 valence electrons. The summed E-state index contributed by atoms with van der Waals surface area (Å²) in [5, 5.41) is 10.8. The van der Waals surface area contributed by atoms with E-state index in [1.54, 1.807) is 12.1 Å². The van der Waals surface area contributed by atoms with Crippen molar-refractivity contribution in [3.8, 4) is 6.07 Å². The van der Waals surface area contributed by atoms with Gasteiger partial charge in [0.05, 0.1) is 17.0 Å². The minimum atomic E-state index is -4.13. The van der Waals surface area contributed by atoms with E-state index in [2.05, 4.69) is 6.07 Å². The van der Waals surface area contributed by atoms with Crippen LogP contribution in [0.25, 0.3) is 10.8 Å². The van der Waals surface area contributed by atoms with Crippen LogP contribution in [0.2, 0.25) is 0 Å². The Labute approximate surface area is 125 Å². The van der Waals surface area contributed by atoms with E-state index in [1.165, 1.54) is 0 Å². The molecule has 0 radical (unpaired) electrons. The van der Waals surface area contributed by atoms with Crippen molar-refractivity contribution < 1.29 is 13.2 Å². The number of anilines is 1. The van der Waals surface area contributed by atoms with Crippen LogP contribution in [-0.2, 0) is 0 Å². The summed E-state index contributed by atoms with van der Waals surface area (Å²) in [4.78, 5) is 1.82. The number of benzene rings is 2. The zero-order valence-electron chi connectivity index (χ0n) is 11.7. The molecule has 2 aliphatic rings. The molecule has 0 amide bonds. The molecule has 1 saturated heterocycles. The van der Waals surface area contributed by atoms with E-state index in [0.717, 1.165) is 16.5 Å². The number of halogens is 3. The average Bonchev–Trinajstić information content (AvgIpc) is 3.08. The number of rotatable bonds is 1. The maximum atomic E-state index is 13.2. The quantitative estimate of drug-likeness (QED) is 0.793. The summed E-state index contributed by atoms with van der Waals surface area (Å²) in [5.74, 6) is -0.290. The van der Waals surface area contributed by atoms with E-state index >= 15 is 0 Å². The predicted octanol–water partition coefficient (Wildman–Crippen LogP) is 4.10. The highest BCUT2D eigenvalue weighted by molar-refractivity contribution is 5.98. The van der Waals surface area contributed by atoms with Crippen LogP contribution in [0, 0.1) is 22.7 Å². The topological polar surface area (TPSA) is 27.0 Å². The van der Waals surface area contributed by atoms with Gasteiger partial charge in [-0.05, 0) is 24.5 Å². The van der Waals surface area contributed by atoms with E-state index in [1.807, 2.05) is 29.2 Å². The summed E-state index contributed by atoms with van der Waals surface area (Å²) in [6.45, 7) is 0.465. The standard InChI is InChI=1S/C17H13F3N2/c18-17(19,20)16-7-12(16)9-22(10-16)15-6-5-11(8-21)13-3-1-2-4-14(13)15/h1-6,12H,7,9-10H2. The molecule has 0 N–H and O–H groups in total. The van der Waals surface area contributed by atoms with Gasteiger partial charge in [-0.2, -0.15) is 18.4 Å². The first-order chi connectivity index (χ1) is 10.5. The van der Waals surface area contributed by atoms with Crippen LogP contribution in [0.15, 0.2) is 36.4 Å². The Kier molecular flexibility index (Phi) is 2.54. The van der Waals surface area contributed by atoms with Crippen LogP contribution in [-0.4, -0.2) is 19.3 Å². The Morgan fingerprint density at radius 3 is 2.50 bits per heavy atom. The Morgan fingerprint density at radius 2 is 1.86 bits per heavy atom. The van der Waals surface area contributed by atoms with Crippen molar-refractivity contribution in [2.75, 3.05) is 18.0 Å². The number of hydrogen-bond donors (Lipinski definition) is 0. The van der Waals surface area contributed by atoms with Crippen molar-refractivity contribution >= 4 is 16.5 Å². The fourth-order valence-corrected chi connectivity index (χ4v) is 3.76. The largest absolute Gasteiger partial charge is 0.396 e. The smallest absolute Gasteiger partial charge is 0.370 e. The molecule has 2 aromatic rings. The number of hydrogen-bond acceptors (Lipinski definition) is 2. The molecule has 0 spiro atoms. The van der Waals surface area contributed by atoms with E-state index in [9.17, 15) is 18.4 Å². The second kappa shape index (κ2) is 4.16. The minimum absolute atomic E-state index is 0.0249. The molecule has 2 atom stereocenters. The molecule has 0 bridgehead atoms. The molecule has 4 rings (SSSR count). The van der Waals surface area contributed by atoms with Gasteiger partial charge in [-0.25, -0.2) is 0 Å². The summed E-state index contributed by atoms with van der Waals surface area (Å²) in [6.07, 6.45) is -3.88. The van der Waals surface area contributed by atoms with Crippen molar-refractivity contribution in [1.82, 2.24) is 0 Å². The summed E-state index contributed by atoms with van der Waals surface area (Å²) in [7, 11) is 0. The number of piperidine rings is 1. The van der Waals surface area contributed by atoms with Crippen molar-refractivity contribution in [3.63, 3.8) is 0 Å². The summed E-state index contributed by atoms with van der Waals surface area (Å²) < 4.78 is 39.7. The number of nitriles is 1. The first-order valence-corrected chi connectivity index (χ1v) is 7.20. The minimum Gasteiger partial charge on any atom is -0.370 e. The van der Waals surface area contributed by atoms with E-state index in [4.69, 9.17) is 0 Å². The highest BCUT2D eigenvalue weighted by atomic mass is 19.4. The molecule has 22 heavy (non-hydrogen) atoms. The monoisotopic (exact) mass is 302 g/mol. The molecule has 2 aromatic carbocycles. The maximum absolute atomic E-state index is 13.2. The number of alkyl halides is 3. The van der Waals surface area contributed by atoms with Gasteiger partial charge in [0, 0.05) is 29.5 Å². The normalized spacial score (nSPS) is 26.8. The second-order valence-electron chi connectivity index (χ2n) is 6.23. The van der Waals surface area contributed by atoms with Crippen molar-refractivity contribution in [2.45, 2.75) is 12.6 Å². The number of fused-ring (bicyclic) bond motifs is 2. The van der Waals surface area contributed by atoms with Gasteiger partial charge in [0.25, 0.3) is 0 Å². The lowest BCUT2D eigenvalue weighted by Gasteiger charge is -2.25. The molecule has 2 fully saturated rings. The van der Waals surface area contributed by atoms with Crippen molar-refractivity contribution in [2.24, 2.45) is 11.3 Å². The maximum Gasteiger partial charge on any atom is 0.396 e. The van der Waals surface area contributed by atoms with Gasteiger partial charge in [-0.1, -0.05) is 24.3 Å². The zero-order chi connectivity index (χ0) is 15.5. The first-order valence-electron chi connectivity index (χ1n) is 7.20. The fourth-order valence-electron chi connectivity index (χ4n) is 3.76. The summed E-state index contributed by atoms with van der Waals surface area (Å²) >= 11 is 0. The van der Waals surface area contributed by atoms with Crippen LogP contribution in [0.1, 0.15) is 12.0 Å². The average molecular weight is 302 g/mol. The van der Waals surface area contributed by atoms with Crippen LogP contribution in [0.3, 0.4) is 0 Å². The molecule has 1 saturated carbocycles. The van der Waals surface area contributed by atoms with Crippen LogP contribution < -0.4 is 4.90 Å². The fraction of sp³-hybridized carbons (Fsp3) is 0.353. The van der Waals surface area contributed by atoms with Crippen LogP contribution in [0.4, 0.5) is 18.9 Å². The summed E-state index contributed by atoms with van der Waals surface area (Å²) in [5.41, 5.74) is -0.165. The van der Waals surface area contributed by atoms with Gasteiger partial charge >= 0.3 is 6.18 Å². The molecule has 2 nitrogen and oxygen atoms in total. The van der Waals surface area contributed by atoms with E-state index in [-0.39, 0.29) is 18.9 Å². The van der Waals surface area contributed by atoms with E-state index < -0.39 is 11.6 Å². The van der Waals surface area contributed by atoms with Gasteiger partial charge in [-0.15, -0.1) is 0 Å². The molecule has 5 heteroatoms. The molecule has 1 heterocycles. The Morgan fingerprint density at radius 1 is 1.14 bits per heavy atom. The summed E-state index contributed by atoms with van der Waals surface area (Å²) in [6, 6.07) is 13.0. The third-order valence-electron chi connectivity index (χ3n) is 5.07. The first kappa shape index (κ1) is 13.4. The lowest BCUT2D eigenvalue weighted by atomic mass is 10.0. The number of nitrogens with zero attached hydrogens (tertiary/aromatic N) is 2. The lowest BCUT2D eigenvalue weighted by Crippen LogP contribution is -2.33. The Balaban J connectivity index is 1.77. The Bertz CT molecular complexity index is 806. The van der Waals surface area contributed by atoms with Crippen molar-refractivity contribution in [3.05, 3.63) is 42.0 Å². The van der Waals surface area contributed by atoms with Crippen molar-refractivity contribution in [1.29, 1.82) is 5.26 Å². The van der Waals surface area contributed by atoms with Gasteiger partial charge in [0.1, 0.15) is 0 Å². The van der Waals surface area contributed by atoms with Gasteiger partial charge in [0.2, 0.25) is 0 Å². The zero-order valence-corrected chi connectivity index (χ0v) is 11.7. The lowest BCUT2D eigenvalue weighted by molar-refractivity contribution is -0.184. The van der Waals surface area contributed by atoms with Gasteiger partial charge in [-0.3, -0.25) is 0 Å². The molecule has 1 aliphatic heterocycles. The molecular formula is C17H13F3N2. The molecule has 0 aromatic heterocycles. The highest BCUT2D eigenvalue weighted by Gasteiger charge is 2.74. The van der Waals surface area contributed by atoms with E-state index in [0.29, 0.717) is 12.1 Å². The molecule has 1 aliphatic carbocycles. The molecular weight excluding hydrogens is 289 g/mol. The SMILES string of the molecule is N#Cc1ccc(N2CC3CC3(C(F)(F)F)C2)c2ccccc12. The second-order valence-corrected chi connectivity index (χ2v) is 6.23. The predicted molar refractivity (Wildman–Crippen MR) is 77.5 cm³/mol. The van der Waals surface area contributed by atoms with Crippen LogP contribution >= 0.6 is 0 Å². The van der Waals surface area contributed by atoms with Gasteiger partial charge in [0.15, 0.2) is 0 Å².